The zero-order valence-corrected chi connectivity index (χ0v) is 7.86. The summed E-state index contributed by atoms with van der Waals surface area (Å²) in [5.41, 5.74) is 0. The molecule has 0 rings (SSSR count). The molecular weight excluding hydrogens is 168 g/mol. The second kappa shape index (κ2) is 7.40. The molecule has 13 heavy (non-hydrogen) atoms. The number of rotatable bonds is 6. The maximum atomic E-state index is 10.1. The van der Waals surface area contributed by atoms with Crippen LogP contribution in [0.5, 0.6) is 0 Å². The van der Waals surface area contributed by atoms with Gasteiger partial charge in [-0.2, -0.15) is 0 Å². The van der Waals surface area contributed by atoms with Gasteiger partial charge in [-0.15, -0.1) is 0 Å². The summed E-state index contributed by atoms with van der Waals surface area (Å²) in [4.78, 5) is 10.1. The molecule has 0 saturated carbocycles. The van der Waals surface area contributed by atoms with E-state index in [0.29, 0.717) is 0 Å². The topological polar surface area (TPSA) is 57.5 Å². The smallest absolute Gasteiger partial charge is 0.332 e. The Morgan fingerprint density at radius 3 is 2.54 bits per heavy atom. The zero-order chi connectivity index (χ0) is 10.1. The minimum absolute atomic E-state index is 0.205. The monoisotopic (exact) mass is 184 g/mol. The molecule has 0 aromatic heterocycles. The molecule has 0 spiro atoms. The number of hydrogen-bond acceptors (Lipinski definition) is 2. The molecule has 0 aliphatic rings. The SMILES string of the molecule is CCCCCC=CC(O)=CC(=O)O. The van der Waals surface area contributed by atoms with Crippen molar-refractivity contribution < 1.29 is 15.0 Å². The first-order valence-corrected chi connectivity index (χ1v) is 4.47. The maximum Gasteiger partial charge on any atom is 0.332 e. The fourth-order valence-corrected chi connectivity index (χ4v) is 0.891. The van der Waals surface area contributed by atoms with E-state index in [1.807, 2.05) is 0 Å². The van der Waals surface area contributed by atoms with E-state index < -0.39 is 5.97 Å². The fraction of sp³-hybridized carbons (Fsp3) is 0.500. The van der Waals surface area contributed by atoms with Crippen molar-refractivity contribution in [1.82, 2.24) is 0 Å². The number of allylic oxidation sites excluding steroid dienone is 2. The number of carboxylic acids is 1. The Balaban J connectivity index is 3.65. The molecule has 3 nitrogen and oxygen atoms in total. The van der Waals surface area contributed by atoms with Crippen molar-refractivity contribution >= 4 is 5.97 Å². The average Bonchev–Trinajstić information content (AvgIpc) is 2.02. The number of aliphatic hydroxyl groups excluding tert-OH is 1. The van der Waals surface area contributed by atoms with Crippen LogP contribution in [-0.2, 0) is 4.79 Å². The quantitative estimate of drug-likeness (QED) is 0.289. The number of unbranched alkanes of at least 4 members (excludes halogenated alkanes) is 3. The Morgan fingerprint density at radius 1 is 1.31 bits per heavy atom. The highest BCUT2D eigenvalue weighted by Gasteiger charge is 1.91. The number of hydrogen-bond donors (Lipinski definition) is 2. The van der Waals surface area contributed by atoms with Gasteiger partial charge >= 0.3 is 5.97 Å². The summed E-state index contributed by atoms with van der Waals surface area (Å²) in [7, 11) is 0. The van der Waals surface area contributed by atoms with Gasteiger partial charge in [0.1, 0.15) is 5.76 Å². The summed E-state index contributed by atoms with van der Waals surface area (Å²) in [6.45, 7) is 2.12. The van der Waals surface area contributed by atoms with Crippen LogP contribution < -0.4 is 0 Å². The Bertz CT molecular complexity index is 204. The van der Waals surface area contributed by atoms with E-state index >= 15 is 0 Å². The lowest BCUT2D eigenvalue weighted by Gasteiger charge is -1.91. The molecule has 0 atom stereocenters. The van der Waals surface area contributed by atoms with E-state index in [9.17, 15) is 4.79 Å². The van der Waals surface area contributed by atoms with Crippen LogP contribution in [0.2, 0.25) is 0 Å². The molecule has 0 unspecified atom stereocenters. The van der Waals surface area contributed by atoms with E-state index in [-0.39, 0.29) is 5.76 Å². The summed E-state index contributed by atoms with van der Waals surface area (Å²) in [6, 6.07) is 0. The van der Waals surface area contributed by atoms with E-state index in [0.717, 1.165) is 31.8 Å². The van der Waals surface area contributed by atoms with Crippen molar-refractivity contribution in [2.75, 3.05) is 0 Å². The first-order chi connectivity index (χ1) is 6.16. The minimum atomic E-state index is -1.13. The Hall–Kier alpha value is -1.25. The van der Waals surface area contributed by atoms with Crippen LogP contribution in [0.25, 0.3) is 0 Å². The van der Waals surface area contributed by atoms with E-state index in [2.05, 4.69) is 6.92 Å². The highest BCUT2D eigenvalue weighted by Crippen LogP contribution is 2.01. The summed E-state index contributed by atoms with van der Waals surface area (Å²) < 4.78 is 0. The van der Waals surface area contributed by atoms with Crippen LogP contribution in [0.4, 0.5) is 0 Å². The van der Waals surface area contributed by atoms with Crippen molar-refractivity contribution in [2.45, 2.75) is 32.6 Å². The molecule has 0 radical (unpaired) electrons. The zero-order valence-electron chi connectivity index (χ0n) is 7.86. The van der Waals surface area contributed by atoms with Crippen LogP contribution in [-0.4, -0.2) is 16.2 Å². The van der Waals surface area contributed by atoms with E-state index in [4.69, 9.17) is 10.2 Å². The van der Waals surface area contributed by atoms with Gasteiger partial charge in [0.05, 0.1) is 6.08 Å². The van der Waals surface area contributed by atoms with Crippen LogP contribution >= 0.6 is 0 Å². The maximum absolute atomic E-state index is 10.1. The van der Waals surface area contributed by atoms with Gasteiger partial charge in [-0.3, -0.25) is 0 Å². The average molecular weight is 184 g/mol. The van der Waals surface area contributed by atoms with Crippen molar-refractivity contribution in [2.24, 2.45) is 0 Å². The first kappa shape index (κ1) is 11.8. The minimum Gasteiger partial charge on any atom is -0.508 e. The van der Waals surface area contributed by atoms with Gasteiger partial charge in [0, 0.05) is 0 Å². The highest BCUT2D eigenvalue weighted by molar-refractivity contribution is 5.80. The van der Waals surface area contributed by atoms with Gasteiger partial charge in [0.25, 0.3) is 0 Å². The number of aliphatic carboxylic acids is 1. The van der Waals surface area contributed by atoms with Crippen LogP contribution in [0.15, 0.2) is 24.0 Å². The molecule has 0 aromatic rings. The van der Waals surface area contributed by atoms with Gasteiger partial charge < -0.3 is 10.2 Å². The normalized spacial score (nSPS) is 12.2. The van der Waals surface area contributed by atoms with Crippen LogP contribution in [0.3, 0.4) is 0 Å². The summed E-state index contributed by atoms with van der Waals surface area (Å²) >= 11 is 0. The van der Waals surface area contributed by atoms with Gasteiger partial charge in [-0.25, -0.2) is 4.79 Å². The summed E-state index contributed by atoms with van der Waals surface area (Å²) in [5, 5.41) is 17.2. The Morgan fingerprint density at radius 2 is 2.00 bits per heavy atom. The number of aliphatic hydroxyl groups is 1. The lowest BCUT2D eigenvalue weighted by Crippen LogP contribution is -1.89. The Labute approximate surface area is 78.4 Å². The molecular formula is C10H16O3. The molecule has 0 saturated heterocycles. The molecule has 74 valence electrons. The van der Waals surface area contributed by atoms with Crippen molar-refractivity contribution in [3.05, 3.63) is 24.0 Å². The first-order valence-electron chi connectivity index (χ1n) is 4.47. The standard InChI is InChI=1S/C10H16O3/c1-2-3-4-5-6-7-9(11)8-10(12)13/h6-8,11H,2-5H2,1H3,(H,12,13). The molecule has 0 aliphatic heterocycles. The van der Waals surface area contributed by atoms with Gasteiger partial charge in [0.15, 0.2) is 0 Å². The van der Waals surface area contributed by atoms with Crippen molar-refractivity contribution in [1.29, 1.82) is 0 Å². The molecule has 0 fully saturated rings. The lowest BCUT2D eigenvalue weighted by molar-refractivity contribution is -0.131. The largest absolute Gasteiger partial charge is 0.508 e. The van der Waals surface area contributed by atoms with E-state index in [1.54, 1.807) is 6.08 Å². The van der Waals surface area contributed by atoms with E-state index in [1.165, 1.54) is 6.08 Å². The van der Waals surface area contributed by atoms with Crippen molar-refractivity contribution in [3.8, 4) is 0 Å². The second-order valence-corrected chi connectivity index (χ2v) is 2.81. The fourth-order valence-electron chi connectivity index (χ4n) is 0.891. The highest BCUT2D eigenvalue weighted by atomic mass is 16.4. The van der Waals surface area contributed by atoms with Crippen LogP contribution in [0.1, 0.15) is 32.6 Å². The molecule has 0 aromatic carbocycles. The third kappa shape index (κ3) is 8.66. The predicted molar refractivity (Wildman–Crippen MR) is 51.6 cm³/mol. The molecule has 0 bridgehead atoms. The molecule has 0 amide bonds. The Kier molecular flexibility index (Phi) is 6.69. The van der Waals surface area contributed by atoms with Crippen LogP contribution in [0, 0.1) is 0 Å². The predicted octanol–water partition coefficient (Wildman–Crippen LogP) is 2.65. The third-order valence-corrected chi connectivity index (χ3v) is 1.53. The molecule has 3 heteroatoms. The number of carboxylic acid groups (broad SMARTS) is 1. The number of carbonyl (C=O) groups is 1. The summed E-state index contributed by atoms with van der Waals surface area (Å²) in [5.74, 6) is -1.33. The van der Waals surface area contributed by atoms with Crippen molar-refractivity contribution in [3.63, 3.8) is 0 Å². The third-order valence-electron chi connectivity index (χ3n) is 1.53. The molecule has 2 N–H and O–H groups in total. The molecule has 0 heterocycles. The van der Waals surface area contributed by atoms with Gasteiger partial charge in [-0.05, 0) is 18.9 Å². The van der Waals surface area contributed by atoms with Gasteiger partial charge in [0.2, 0.25) is 0 Å². The molecule has 0 aliphatic carbocycles. The second-order valence-electron chi connectivity index (χ2n) is 2.81. The lowest BCUT2D eigenvalue weighted by atomic mass is 10.2. The summed E-state index contributed by atoms with van der Waals surface area (Å²) in [6.07, 6.45) is 8.25. The van der Waals surface area contributed by atoms with Gasteiger partial charge in [-0.1, -0.05) is 25.8 Å².